The molecule has 0 radical (unpaired) electrons. The van der Waals surface area contributed by atoms with Crippen molar-refractivity contribution in [1.29, 1.82) is 0 Å². The quantitative estimate of drug-likeness (QED) is 0.300. The van der Waals surface area contributed by atoms with Crippen molar-refractivity contribution in [2.75, 3.05) is 25.5 Å². The Morgan fingerprint density at radius 2 is 1.56 bits per heavy atom. The fourth-order valence-electron chi connectivity index (χ4n) is 5.34. The van der Waals surface area contributed by atoms with Crippen molar-refractivity contribution in [1.82, 2.24) is 9.88 Å². The number of phenolic OH excluding ortho intramolecular Hbond substituents is 1. The van der Waals surface area contributed by atoms with Gasteiger partial charge in [0.25, 0.3) is 0 Å². The zero-order valence-corrected chi connectivity index (χ0v) is 24.9. The molecule has 3 aliphatic rings. The molecule has 3 aromatic rings. The molecule has 1 aromatic heterocycles. The molecule has 2 N–H and O–H groups in total. The van der Waals surface area contributed by atoms with Gasteiger partial charge in [-0.2, -0.15) is 0 Å². The molecule has 0 atom stereocenters. The van der Waals surface area contributed by atoms with Gasteiger partial charge >= 0.3 is 0 Å². The summed E-state index contributed by atoms with van der Waals surface area (Å²) < 4.78 is 0. The summed E-state index contributed by atoms with van der Waals surface area (Å²) in [6, 6.07) is 9.72. The number of hydrogen-bond acceptors (Lipinski definition) is 5. The number of ketones is 1. The molecule has 7 heteroatoms. The van der Waals surface area contributed by atoms with Gasteiger partial charge in [-0.15, -0.1) is 0 Å². The minimum atomic E-state index is -0.119. The maximum Gasteiger partial charge on any atom is 0.169 e. The summed E-state index contributed by atoms with van der Waals surface area (Å²) in [4.78, 5) is 20.0. The molecule has 2 heterocycles. The first-order valence-electron chi connectivity index (χ1n) is 14.5. The number of aromatic hydroxyl groups is 1. The summed E-state index contributed by atoms with van der Waals surface area (Å²) in [5.41, 5.74) is 4.13. The normalized spacial score (nSPS) is 17.7. The van der Waals surface area contributed by atoms with Crippen LogP contribution < -0.4 is 5.32 Å². The van der Waals surface area contributed by atoms with Gasteiger partial charge < -0.3 is 15.3 Å². The van der Waals surface area contributed by atoms with E-state index in [2.05, 4.69) is 22.2 Å². The lowest BCUT2D eigenvalue weighted by molar-refractivity contribution is 0.0968. The molecule has 6 rings (SSSR count). The van der Waals surface area contributed by atoms with Crippen LogP contribution in [-0.4, -0.2) is 47.0 Å². The predicted molar refractivity (Wildman–Crippen MR) is 164 cm³/mol. The number of rotatable bonds is 5. The third kappa shape index (κ3) is 7.45. The molecule has 2 saturated carbocycles. The molecule has 5 nitrogen and oxygen atoms in total. The molecule has 2 aliphatic carbocycles. The van der Waals surface area contributed by atoms with Gasteiger partial charge in [0.2, 0.25) is 0 Å². The summed E-state index contributed by atoms with van der Waals surface area (Å²) in [6.45, 7) is 6.64. The van der Waals surface area contributed by atoms with Gasteiger partial charge in [-0.1, -0.05) is 62.4 Å². The Labute approximate surface area is 242 Å². The van der Waals surface area contributed by atoms with Gasteiger partial charge in [-0.25, -0.2) is 0 Å². The second kappa shape index (κ2) is 13.8. The van der Waals surface area contributed by atoms with Gasteiger partial charge in [0.15, 0.2) is 11.5 Å². The molecule has 39 heavy (non-hydrogen) atoms. The first-order valence-corrected chi connectivity index (χ1v) is 15.3. The monoisotopic (exact) mass is 569 g/mol. The first-order chi connectivity index (χ1) is 18.9. The number of carbonyl (C=O) groups excluding carboxylic acids is 1. The van der Waals surface area contributed by atoms with Crippen LogP contribution in [0, 0.1) is 5.92 Å². The van der Waals surface area contributed by atoms with Crippen molar-refractivity contribution in [3.63, 3.8) is 0 Å². The maximum absolute atomic E-state index is 13.1. The van der Waals surface area contributed by atoms with Crippen molar-refractivity contribution in [2.45, 2.75) is 77.7 Å². The molecule has 0 amide bonds. The van der Waals surface area contributed by atoms with Crippen LogP contribution in [-0.2, 0) is 0 Å². The third-order valence-electron chi connectivity index (χ3n) is 7.72. The summed E-state index contributed by atoms with van der Waals surface area (Å²) >= 11 is 12.3. The average molecular weight is 571 g/mol. The lowest BCUT2D eigenvalue weighted by Gasteiger charge is -2.26. The van der Waals surface area contributed by atoms with Crippen LogP contribution in [0.25, 0.3) is 22.0 Å². The Morgan fingerprint density at radius 1 is 0.923 bits per heavy atom. The standard InChI is InChI=1S/C25H24Cl2N2O2.C5H11N.C2H6/c26-20-11-16(12-21(27)25(20)31)15-8-9-22-18(10-15)23(29-17-4-2-1-3-5-17)19(13-28-22)24(30)14-6-7-14;1-6-4-2-3-5-6;1-2/h8-14,17,31H,1-7H2,(H,28,29);2-5H2,1H3;1-2H3. The summed E-state index contributed by atoms with van der Waals surface area (Å²) in [7, 11) is 2.17. The number of phenols is 1. The van der Waals surface area contributed by atoms with Gasteiger partial charge in [0.1, 0.15) is 0 Å². The highest BCUT2D eigenvalue weighted by atomic mass is 35.5. The van der Waals surface area contributed by atoms with E-state index in [1.165, 1.54) is 45.2 Å². The first kappa shape index (κ1) is 29.6. The molecule has 0 unspecified atom stereocenters. The smallest absolute Gasteiger partial charge is 0.169 e. The Hall–Kier alpha value is -2.34. The van der Waals surface area contributed by atoms with Gasteiger partial charge in [-0.3, -0.25) is 9.78 Å². The summed E-state index contributed by atoms with van der Waals surface area (Å²) in [5.74, 6) is 0.199. The maximum atomic E-state index is 13.1. The molecule has 1 aliphatic heterocycles. The van der Waals surface area contributed by atoms with Crippen LogP contribution in [0.3, 0.4) is 0 Å². The molecule has 3 fully saturated rings. The molecule has 2 aromatic carbocycles. The van der Waals surface area contributed by atoms with Crippen molar-refractivity contribution in [3.8, 4) is 16.9 Å². The second-order valence-electron chi connectivity index (χ2n) is 10.7. The number of anilines is 1. The number of nitrogens with one attached hydrogen (secondary N) is 1. The zero-order valence-electron chi connectivity index (χ0n) is 23.4. The Bertz CT molecular complexity index is 1260. The lowest BCUT2D eigenvalue weighted by Crippen LogP contribution is -2.24. The number of Topliss-reactive ketones (excluding diaryl/α,β-unsaturated/α-hetero) is 1. The van der Waals surface area contributed by atoms with E-state index in [1.54, 1.807) is 18.3 Å². The van der Waals surface area contributed by atoms with E-state index in [1.807, 2.05) is 32.0 Å². The van der Waals surface area contributed by atoms with Gasteiger partial charge in [0, 0.05) is 23.5 Å². The largest absolute Gasteiger partial charge is 0.505 e. The van der Waals surface area contributed by atoms with Crippen molar-refractivity contribution in [2.24, 2.45) is 5.92 Å². The van der Waals surface area contributed by atoms with Crippen LogP contribution in [0.2, 0.25) is 10.0 Å². The van der Waals surface area contributed by atoms with Gasteiger partial charge in [0.05, 0.1) is 26.8 Å². The fraction of sp³-hybridized carbons (Fsp3) is 0.500. The van der Waals surface area contributed by atoms with E-state index in [-0.39, 0.29) is 27.5 Å². The molecule has 210 valence electrons. The molecular formula is C32H41Cl2N3O2. The van der Waals surface area contributed by atoms with E-state index in [4.69, 9.17) is 23.2 Å². The van der Waals surface area contributed by atoms with Gasteiger partial charge in [-0.05, 0) is 94.1 Å². The molecule has 0 bridgehead atoms. The van der Waals surface area contributed by atoms with E-state index >= 15 is 0 Å². The molecular weight excluding hydrogens is 529 g/mol. The zero-order chi connectivity index (χ0) is 27.9. The SMILES string of the molecule is CC.CN1CCCC1.O=C(c1cnc2ccc(-c3cc(Cl)c(O)c(Cl)c3)cc2c1NC1CCCCC1)C1CC1. The van der Waals surface area contributed by atoms with Crippen molar-refractivity contribution in [3.05, 3.63) is 52.1 Å². The number of halogens is 2. The second-order valence-corrected chi connectivity index (χ2v) is 11.5. The molecule has 1 saturated heterocycles. The van der Waals surface area contributed by atoms with E-state index in [0.717, 1.165) is 53.4 Å². The van der Waals surface area contributed by atoms with Crippen LogP contribution >= 0.6 is 23.2 Å². The average Bonchev–Trinajstić information content (AvgIpc) is 3.71. The fourth-order valence-corrected chi connectivity index (χ4v) is 5.83. The number of carbonyl (C=O) groups is 1. The highest BCUT2D eigenvalue weighted by Crippen LogP contribution is 2.40. The highest BCUT2D eigenvalue weighted by Gasteiger charge is 2.33. The van der Waals surface area contributed by atoms with E-state index in [0.29, 0.717) is 11.6 Å². The number of nitrogens with zero attached hydrogens (tertiary/aromatic N) is 2. The number of likely N-dealkylation sites (tertiary alicyclic amines) is 1. The molecule has 0 spiro atoms. The Kier molecular flexibility index (Phi) is 10.5. The van der Waals surface area contributed by atoms with E-state index < -0.39 is 0 Å². The van der Waals surface area contributed by atoms with Crippen LogP contribution in [0.4, 0.5) is 5.69 Å². The number of benzene rings is 2. The van der Waals surface area contributed by atoms with Crippen molar-refractivity contribution >= 4 is 45.6 Å². The predicted octanol–water partition coefficient (Wildman–Crippen LogP) is 8.99. The lowest BCUT2D eigenvalue weighted by atomic mass is 9.93. The van der Waals surface area contributed by atoms with E-state index in [9.17, 15) is 9.90 Å². The highest BCUT2D eigenvalue weighted by molar-refractivity contribution is 6.37. The minimum absolute atomic E-state index is 0.119. The third-order valence-corrected chi connectivity index (χ3v) is 8.29. The van der Waals surface area contributed by atoms with Crippen molar-refractivity contribution < 1.29 is 9.90 Å². The Morgan fingerprint density at radius 3 is 2.13 bits per heavy atom. The minimum Gasteiger partial charge on any atom is -0.505 e. The number of hydrogen-bond donors (Lipinski definition) is 2. The topological polar surface area (TPSA) is 65.5 Å². The van der Waals surface area contributed by atoms with Crippen LogP contribution in [0.15, 0.2) is 36.5 Å². The Balaban J connectivity index is 0.000000385. The van der Waals surface area contributed by atoms with Crippen LogP contribution in [0.1, 0.15) is 82.0 Å². The summed E-state index contributed by atoms with van der Waals surface area (Å²) in [6.07, 6.45) is 12.4. The number of pyridine rings is 1. The summed E-state index contributed by atoms with van der Waals surface area (Å²) in [5, 5.41) is 15.0. The number of fused-ring (bicyclic) bond motifs is 1. The van der Waals surface area contributed by atoms with Crippen LogP contribution in [0.5, 0.6) is 5.75 Å². The number of aromatic nitrogens is 1.